The molecule has 2 aromatic heterocycles. The predicted octanol–water partition coefficient (Wildman–Crippen LogP) is 2.08. The van der Waals surface area contributed by atoms with Crippen LogP contribution >= 0.6 is 0 Å². The highest BCUT2D eigenvalue weighted by Crippen LogP contribution is 2.26. The third-order valence-electron chi connectivity index (χ3n) is 3.77. The molecule has 1 aliphatic heterocycles. The number of hydrogen-bond acceptors (Lipinski definition) is 3. The van der Waals surface area contributed by atoms with Crippen LogP contribution in [0.1, 0.15) is 36.2 Å². The van der Waals surface area contributed by atoms with Gasteiger partial charge >= 0.3 is 0 Å². The Morgan fingerprint density at radius 1 is 1.40 bits per heavy atom. The zero-order valence-corrected chi connectivity index (χ0v) is 11.8. The second-order valence-electron chi connectivity index (χ2n) is 5.20. The molecule has 1 amide bonds. The summed E-state index contributed by atoms with van der Waals surface area (Å²) in [5.41, 5.74) is 3.36. The number of carbonyl (C=O) groups is 1. The molecule has 0 fully saturated rings. The van der Waals surface area contributed by atoms with Gasteiger partial charge in [0, 0.05) is 37.4 Å². The highest BCUT2D eigenvalue weighted by atomic mass is 16.2. The van der Waals surface area contributed by atoms with Gasteiger partial charge in [0.25, 0.3) is 0 Å². The number of aryl methyl sites for hydroxylation is 1. The Hall–Kier alpha value is -2.17. The second-order valence-corrected chi connectivity index (χ2v) is 5.20. The molecule has 0 saturated carbocycles. The monoisotopic (exact) mass is 270 g/mol. The highest BCUT2D eigenvalue weighted by Gasteiger charge is 2.29. The van der Waals surface area contributed by atoms with Crippen molar-refractivity contribution in [1.29, 1.82) is 0 Å². The number of pyridine rings is 1. The van der Waals surface area contributed by atoms with Gasteiger partial charge in [-0.05, 0) is 36.6 Å². The molecule has 0 radical (unpaired) electrons. The van der Waals surface area contributed by atoms with E-state index in [1.807, 2.05) is 37.2 Å². The zero-order valence-electron chi connectivity index (χ0n) is 11.8. The molecule has 5 nitrogen and oxygen atoms in total. The Kier molecular flexibility index (Phi) is 3.26. The van der Waals surface area contributed by atoms with Gasteiger partial charge in [0.05, 0.1) is 0 Å². The summed E-state index contributed by atoms with van der Waals surface area (Å²) in [7, 11) is 0. The van der Waals surface area contributed by atoms with E-state index in [0.29, 0.717) is 13.1 Å². The molecule has 0 aromatic carbocycles. The van der Waals surface area contributed by atoms with Gasteiger partial charge in [0.2, 0.25) is 5.91 Å². The lowest BCUT2D eigenvalue weighted by Crippen LogP contribution is -2.33. The SMILES string of the molecule is CCC(C(=O)N1Cc2cnc(C)cc2C1)n1cccn1. The lowest BCUT2D eigenvalue weighted by Gasteiger charge is -2.22. The Balaban J connectivity index is 1.80. The molecule has 20 heavy (non-hydrogen) atoms. The van der Waals surface area contributed by atoms with Crippen molar-refractivity contribution >= 4 is 5.91 Å². The number of amides is 1. The van der Waals surface area contributed by atoms with Crippen molar-refractivity contribution in [3.63, 3.8) is 0 Å². The summed E-state index contributed by atoms with van der Waals surface area (Å²) in [5, 5.41) is 4.20. The number of fused-ring (bicyclic) bond motifs is 1. The minimum Gasteiger partial charge on any atom is -0.332 e. The third kappa shape index (κ3) is 2.19. The minimum absolute atomic E-state index is 0.130. The minimum atomic E-state index is -0.214. The number of hydrogen-bond donors (Lipinski definition) is 0. The van der Waals surface area contributed by atoms with E-state index in [9.17, 15) is 4.79 Å². The fourth-order valence-electron chi connectivity index (χ4n) is 2.71. The molecule has 5 heteroatoms. The first kappa shape index (κ1) is 12.8. The average molecular weight is 270 g/mol. The van der Waals surface area contributed by atoms with Crippen LogP contribution in [0.5, 0.6) is 0 Å². The maximum absolute atomic E-state index is 12.7. The first-order valence-corrected chi connectivity index (χ1v) is 6.91. The van der Waals surface area contributed by atoms with Crippen LogP contribution in [-0.4, -0.2) is 25.6 Å². The van der Waals surface area contributed by atoms with Gasteiger partial charge in [-0.25, -0.2) is 0 Å². The Labute approximate surface area is 118 Å². The standard InChI is InChI=1S/C15H18N4O/c1-3-14(19-6-4-5-17-19)15(20)18-9-12-7-11(2)16-8-13(12)10-18/h4-8,14H,3,9-10H2,1-2H3. The maximum Gasteiger partial charge on any atom is 0.248 e. The number of nitrogens with zero attached hydrogens (tertiary/aromatic N) is 4. The van der Waals surface area contributed by atoms with E-state index in [-0.39, 0.29) is 11.9 Å². The van der Waals surface area contributed by atoms with Crippen LogP contribution in [0.25, 0.3) is 0 Å². The number of carbonyl (C=O) groups excluding carboxylic acids is 1. The first-order chi connectivity index (χ1) is 9.69. The summed E-state index contributed by atoms with van der Waals surface area (Å²) in [6, 6.07) is 3.70. The average Bonchev–Trinajstić information content (AvgIpc) is 3.07. The van der Waals surface area contributed by atoms with Crippen molar-refractivity contribution in [1.82, 2.24) is 19.7 Å². The van der Waals surface area contributed by atoms with E-state index in [1.165, 1.54) is 5.56 Å². The summed E-state index contributed by atoms with van der Waals surface area (Å²) < 4.78 is 1.74. The molecular formula is C15H18N4O. The van der Waals surface area contributed by atoms with Gasteiger partial charge in [-0.15, -0.1) is 0 Å². The lowest BCUT2D eigenvalue weighted by atomic mass is 10.2. The molecule has 0 N–H and O–H groups in total. The summed E-state index contributed by atoms with van der Waals surface area (Å²) in [6.07, 6.45) is 6.18. The van der Waals surface area contributed by atoms with Gasteiger partial charge in [-0.3, -0.25) is 14.5 Å². The first-order valence-electron chi connectivity index (χ1n) is 6.91. The molecule has 2 aromatic rings. The molecule has 1 atom stereocenters. The smallest absolute Gasteiger partial charge is 0.248 e. The van der Waals surface area contributed by atoms with Crippen LogP contribution in [0.15, 0.2) is 30.7 Å². The van der Waals surface area contributed by atoms with Gasteiger partial charge in [-0.1, -0.05) is 6.92 Å². The predicted molar refractivity (Wildman–Crippen MR) is 74.8 cm³/mol. The van der Waals surface area contributed by atoms with Gasteiger partial charge in [0.15, 0.2) is 0 Å². The molecule has 3 rings (SSSR count). The van der Waals surface area contributed by atoms with E-state index in [0.717, 1.165) is 17.7 Å². The van der Waals surface area contributed by atoms with Gasteiger partial charge in [-0.2, -0.15) is 5.10 Å². The third-order valence-corrected chi connectivity index (χ3v) is 3.77. The van der Waals surface area contributed by atoms with Crippen LogP contribution in [0.2, 0.25) is 0 Å². The van der Waals surface area contributed by atoms with Gasteiger partial charge in [0.1, 0.15) is 6.04 Å². The molecule has 104 valence electrons. The van der Waals surface area contributed by atoms with Gasteiger partial charge < -0.3 is 4.90 Å². The summed E-state index contributed by atoms with van der Waals surface area (Å²) in [5.74, 6) is 0.130. The van der Waals surface area contributed by atoms with E-state index in [2.05, 4.69) is 16.1 Å². The molecule has 3 heterocycles. The van der Waals surface area contributed by atoms with E-state index in [1.54, 1.807) is 10.9 Å². The largest absolute Gasteiger partial charge is 0.332 e. The fraction of sp³-hybridized carbons (Fsp3) is 0.400. The lowest BCUT2D eigenvalue weighted by molar-refractivity contribution is -0.135. The molecule has 0 aliphatic carbocycles. The Morgan fingerprint density at radius 2 is 2.20 bits per heavy atom. The van der Waals surface area contributed by atoms with Crippen molar-refractivity contribution in [2.45, 2.75) is 39.4 Å². The Bertz CT molecular complexity index is 621. The quantitative estimate of drug-likeness (QED) is 0.858. The highest BCUT2D eigenvalue weighted by molar-refractivity contribution is 5.81. The van der Waals surface area contributed by atoms with Crippen LogP contribution in [-0.2, 0) is 17.9 Å². The zero-order chi connectivity index (χ0) is 14.1. The normalized spacial score (nSPS) is 15.2. The summed E-state index contributed by atoms with van der Waals surface area (Å²) >= 11 is 0. The van der Waals surface area contributed by atoms with Crippen LogP contribution < -0.4 is 0 Å². The van der Waals surface area contributed by atoms with E-state index < -0.39 is 0 Å². The topological polar surface area (TPSA) is 51.0 Å². The van der Waals surface area contributed by atoms with Crippen molar-refractivity contribution in [2.24, 2.45) is 0 Å². The van der Waals surface area contributed by atoms with E-state index >= 15 is 0 Å². The Morgan fingerprint density at radius 3 is 2.90 bits per heavy atom. The second kappa shape index (κ2) is 5.07. The molecular weight excluding hydrogens is 252 g/mol. The van der Waals surface area contributed by atoms with Crippen LogP contribution in [0.4, 0.5) is 0 Å². The molecule has 0 spiro atoms. The number of rotatable bonds is 3. The maximum atomic E-state index is 12.7. The fourth-order valence-corrected chi connectivity index (χ4v) is 2.71. The summed E-state index contributed by atoms with van der Waals surface area (Å²) in [4.78, 5) is 18.9. The summed E-state index contributed by atoms with van der Waals surface area (Å²) in [6.45, 7) is 5.32. The van der Waals surface area contributed by atoms with Crippen molar-refractivity contribution in [3.05, 3.63) is 47.5 Å². The van der Waals surface area contributed by atoms with Crippen LogP contribution in [0.3, 0.4) is 0 Å². The molecule has 0 bridgehead atoms. The van der Waals surface area contributed by atoms with E-state index in [4.69, 9.17) is 0 Å². The van der Waals surface area contributed by atoms with Crippen LogP contribution in [0, 0.1) is 6.92 Å². The molecule has 1 unspecified atom stereocenters. The molecule has 0 saturated heterocycles. The van der Waals surface area contributed by atoms with Crippen molar-refractivity contribution in [2.75, 3.05) is 0 Å². The van der Waals surface area contributed by atoms with Crippen molar-refractivity contribution in [3.8, 4) is 0 Å². The van der Waals surface area contributed by atoms with Crippen molar-refractivity contribution < 1.29 is 4.79 Å². The number of aromatic nitrogens is 3. The molecule has 1 aliphatic rings.